The Kier molecular flexibility index (Phi) is 7.32. The number of amides is 1. The van der Waals surface area contributed by atoms with Gasteiger partial charge in [0, 0.05) is 25.4 Å². The molecule has 0 unspecified atom stereocenters. The van der Waals surface area contributed by atoms with Crippen LogP contribution in [0.15, 0.2) is 41.6 Å². The van der Waals surface area contributed by atoms with Crippen molar-refractivity contribution in [1.82, 2.24) is 19.5 Å². The standard InChI is InChI=1S/C24H29FN4O5S/c1-14(2)17-10-16(25)11-18(15-7-8-26-22(9-15)34-6)19(17)12-21(30)28-35(32,33)23-13-20(24(3,4)31)29(5)27-23/h7-11,13-14,31H,12H2,1-6H3,(H,28,30). The summed E-state index contributed by atoms with van der Waals surface area (Å²) in [5.41, 5.74) is 0.999. The van der Waals surface area contributed by atoms with Crippen molar-refractivity contribution in [2.24, 2.45) is 7.05 Å². The van der Waals surface area contributed by atoms with Gasteiger partial charge in [0.15, 0.2) is 5.03 Å². The molecule has 0 bridgehead atoms. The first kappa shape index (κ1) is 26.3. The minimum Gasteiger partial charge on any atom is -0.481 e. The molecule has 1 amide bonds. The molecule has 0 saturated heterocycles. The number of carbonyl (C=O) groups excluding carboxylic acids is 1. The molecule has 188 valence electrons. The van der Waals surface area contributed by atoms with Crippen LogP contribution in [0.2, 0.25) is 0 Å². The number of aliphatic hydroxyl groups is 1. The third-order valence-electron chi connectivity index (χ3n) is 5.47. The van der Waals surface area contributed by atoms with Crippen LogP contribution in [0.5, 0.6) is 5.88 Å². The minimum absolute atomic E-state index is 0.141. The fourth-order valence-corrected chi connectivity index (χ4v) is 4.83. The molecule has 2 N–H and O–H groups in total. The van der Waals surface area contributed by atoms with Crippen molar-refractivity contribution < 1.29 is 27.4 Å². The molecule has 2 aromatic heterocycles. The minimum atomic E-state index is -4.32. The molecule has 11 heteroatoms. The number of pyridine rings is 1. The lowest BCUT2D eigenvalue weighted by Crippen LogP contribution is -2.32. The number of aryl methyl sites for hydroxylation is 1. The number of rotatable bonds is 8. The van der Waals surface area contributed by atoms with E-state index < -0.39 is 32.4 Å². The highest BCUT2D eigenvalue weighted by atomic mass is 32.2. The number of nitrogens with zero attached hydrogens (tertiary/aromatic N) is 3. The largest absolute Gasteiger partial charge is 0.481 e. The Hall–Kier alpha value is -3.31. The second-order valence-electron chi connectivity index (χ2n) is 9.02. The van der Waals surface area contributed by atoms with Gasteiger partial charge in [-0.2, -0.15) is 13.5 Å². The maximum Gasteiger partial charge on any atom is 0.283 e. The molecule has 1 aromatic carbocycles. The van der Waals surface area contributed by atoms with Crippen molar-refractivity contribution in [1.29, 1.82) is 0 Å². The number of hydrogen-bond donors (Lipinski definition) is 2. The summed E-state index contributed by atoms with van der Waals surface area (Å²) in [5, 5.41) is 13.8. The van der Waals surface area contributed by atoms with Crippen molar-refractivity contribution in [2.75, 3.05) is 7.11 Å². The van der Waals surface area contributed by atoms with Crippen LogP contribution >= 0.6 is 0 Å². The summed E-state index contributed by atoms with van der Waals surface area (Å²) in [6, 6.07) is 7.13. The van der Waals surface area contributed by atoms with Gasteiger partial charge in [-0.15, -0.1) is 0 Å². The van der Waals surface area contributed by atoms with E-state index in [0.29, 0.717) is 28.1 Å². The molecule has 3 aromatic rings. The summed E-state index contributed by atoms with van der Waals surface area (Å²) in [4.78, 5) is 17.0. The van der Waals surface area contributed by atoms with E-state index in [1.165, 1.54) is 57.1 Å². The van der Waals surface area contributed by atoms with Crippen molar-refractivity contribution in [2.45, 2.75) is 50.7 Å². The molecule has 0 aliphatic heterocycles. The molecule has 0 aliphatic carbocycles. The van der Waals surface area contributed by atoms with Gasteiger partial charge < -0.3 is 9.84 Å². The Balaban J connectivity index is 1.99. The molecule has 3 rings (SSSR count). The highest BCUT2D eigenvalue weighted by Crippen LogP contribution is 2.33. The van der Waals surface area contributed by atoms with Gasteiger partial charge in [-0.25, -0.2) is 14.1 Å². The molecule has 2 heterocycles. The number of benzene rings is 1. The fraction of sp³-hybridized carbons (Fsp3) is 0.375. The van der Waals surface area contributed by atoms with E-state index in [9.17, 15) is 22.7 Å². The molecular formula is C24H29FN4O5S. The van der Waals surface area contributed by atoms with Gasteiger partial charge in [0.1, 0.15) is 11.4 Å². The van der Waals surface area contributed by atoms with Crippen LogP contribution in [-0.4, -0.2) is 41.3 Å². The highest BCUT2D eigenvalue weighted by molar-refractivity contribution is 7.90. The average Bonchev–Trinajstić information content (AvgIpc) is 3.17. The lowest BCUT2D eigenvalue weighted by molar-refractivity contribution is -0.118. The van der Waals surface area contributed by atoms with Gasteiger partial charge in [-0.3, -0.25) is 9.48 Å². The molecule has 9 nitrogen and oxygen atoms in total. The summed E-state index contributed by atoms with van der Waals surface area (Å²) < 4.78 is 48.7. The topological polar surface area (TPSA) is 123 Å². The van der Waals surface area contributed by atoms with Crippen molar-refractivity contribution >= 4 is 15.9 Å². The van der Waals surface area contributed by atoms with E-state index in [1.807, 2.05) is 18.6 Å². The average molecular weight is 505 g/mol. The van der Waals surface area contributed by atoms with E-state index in [4.69, 9.17) is 4.74 Å². The maximum atomic E-state index is 14.5. The van der Waals surface area contributed by atoms with Gasteiger partial charge in [-0.05, 0) is 60.2 Å². The van der Waals surface area contributed by atoms with Crippen LogP contribution in [0, 0.1) is 5.82 Å². The molecule has 0 radical (unpaired) electrons. The first-order valence-electron chi connectivity index (χ1n) is 10.9. The highest BCUT2D eigenvalue weighted by Gasteiger charge is 2.28. The summed E-state index contributed by atoms with van der Waals surface area (Å²) in [7, 11) is -1.37. The number of methoxy groups -OCH3 is 1. The zero-order valence-electron chi connectivity index (χ0n) is 20.5. The van der Waals surface area contributed by atoms with Crippen LogP contribution in [0.3, 0.4) is 0 Å². The summed E-state index contributed by atoms with van der Waals surface area (Å²) >= 11 is 0. The second kappa shape index (κ2) is 9.74. The van der Waals surface area contributed by atoms with Gasteiger partial charge in [0.25, 0.3) is 10.0 Å². The first-order valence-corrected chi connectivity index (χ1v) is 12.4. The number of ether oxygens (including phenoxy) is 1. The number of aromatic nitrogens is 3. The molecule has 0 spiro atoms. The Morgan fingerprint density at radius 1 is 1.26 bits per heavy atom. The molecule has 0 aliphatic rings. The molecule has 0 fully saturated rings. The predicted octanol–water partition coefficient (Wildman–Crippen LogP) is 3.03. The van der Waals surface area contributed by atoms with Crippen LogP contribution < -0.4 is 9.46 Å². The lowest BCUT2D eigenvalue weighted by Gasteiger charge is -2.18. The van der Waals surface area contributed by atoms with Gasteiger partial charge in [-0.1, -0.05) is 13.8 Å². The Labute approximate surface area is 204 Å². The third kappa shape index (κ3) is 5.85. The predicted molar refractivity (Wildman–Crippen MR) is 128 cm³/mol. The number of halogens is 1. The Morgan fingerprint density at radius 3 is 2.51 bits per heavy atom. The van der Waals surface area contributed by atoms with Crippen LogP contribution in [0.25, 0.3) is 11.1 Å². The molecule has 0 saturated carbocycles. The number of carbonyl (C=O) groups is 1. The van der Waals surface area contributed by atoms with E-state index in [2.05, 4.69) is 10.1 Å². The number of sulfonamides is 1. The van der Waals surface area contributed by atoms with Gasteiger partial charge >= 0.3 is 0 Å². The van der Waals surface area contributed by atoms with E-state index >= 15 is 0 Å². The van der Waals surface area contributed by atoms with Crippen molar-refractivity contribution in [3.8, 4) is 17.0 Å². The van der Waals surface area contributed by atoms with E-state index in [1.54, 1.807) is 12.1 Å². The summed E-state index contributed by atoms with van der Waals surface area (Å²) in [6.45, 7) is 6.71. The van der Waals surface area contributed by atoms with Crippen LogP contribution in [0.1, 0.15) is 50.4 Å². The summed E-state index contributed by atoms with van der Waals surface area (Å²) in [6.07, 6.45) is 1.18. The number of hydrogen-bond acceptors (Lipinski definition) is 7. The molecule has 0 atom stereocenters. The SMILES string of the molecule is COc1cc(-c2cc(F)cc(C(C)C)c2CC(=O)NS(=O)(=O)c2cc(C(C)(C)O)n(C)n2)ccn1. The molecule has 35 heavy (non-hydrogen) atoms. The lowest BCUT2D eigenvalue weighted by atomic mass is 9.88. The van der Waals surface area contributed by atoms with Gasteiger partial charge in [0.05, 0.1) is 19.2 Å². The third-order valence-corrected chi connectivity index (χ3v) is 6.72. The molecular weight excluding hydrogens is 475 g/mol. The van der Waals surface area contributed by atoms with E-state index in [-0.39, 0.29) is 18.0 Å². The fourth-order valence-electron chi connectivity index (χ4n) is 3.86. The Morgan fingerprint density at radius 2 is 1.94 bits per heavy atom. The summed E-state index contributed by atoms with van der Waals surface area (Å²) in [5.74, 6) is -1.12. The zero-order chi connectivity index (χ0) is 26.1. The normalized spacial score (nSPS) is 12.1. The first-order chi connectivity index (χ1) is 16.2. The maximum absolute atomic E-state index is 14.5. The quantitative estimate of drug-likeness (QED) is 0.483. The monoisotopic (exact) mass is 504 g/mol. The van der Waals surface area contributed by atoms with Crippen molar-refractivity contribution in [3.63, 3.8) is 0 Å². The van der Waals surface area contributed by atoms with Crippen LogP contribution in [-0.2, 0) is 33.9 Å². The smallest absolute Gasteiger partial charge is 0.283 e. The number of nitrogens with one attached hydrogen (secondary N) is 1. The van der Waals surface area contributed by atoms with E-state index in [0.717, 1.165) is 0 Å². The van der Waals surface area contributed by atoms with Crippen LogP contribution in [0.4, 0.5) is 4.39 Å². The second-order valence-corrected chi connectivity index (χ2v) is 10.6. The van der Waals surface area contributed by atoms with Crippen molar-refractivity contribution in [3.05, 3.63) is 59.2 Å². The Bertz CT molecular complexity index is 1360. The zero-order valence-corrected chi connectivity index (χ0v) is 21.3. The van der Waals surface area contributed by atoms with Gasteiger partial charge in [0.2, 0.25) is 11.8 Å².